The zero-order chi connectivity index (χ0) is 16.3. The van der Waals surface area contributed by atoms with Crippen molar-refractivity contribution in [2.45, 2.75) is 6.92 Å². The summed E-state index contributed by atoms with van der Waals surface area (Å²) in [6.45, 7) is 2.15. The highest BCUT2D eigenvalue weighted by atomic mass is 16.3. The Balaban J connectivity index is 1.98. The van der Waals surface area contributed by atoms with Crippen molar-refractivity contribution in [1.82, 2.24) is 4.40 Å². The number of aryl methyl sites for hydroxylation is 2. The van der Waals surface area contributed by atoms with Gasteiger partial charge in [-0.15, -0.1) is 0 Å². The third-order valence-electron chi connectivity index (χ3n) is 4.80. The van der Waals surface area contributed by atoms with Crippen molar-refractivity contribution in [2.24, 2.45) is 7.05 Å². The first-order chi connectivity index (χ1) is 11.7. The van der Waals surface area contributed by atoms with Crippen LogP contribution in [0, 0.1) is 6.92 Å². The fraction of sp³-hybridized carbons (Fsp3) is 0.0952. The predicted octanol–water partition coefficient (Wildman–Crippen LogP) is 4.64. The second-order valence-corrected chi connectivity index (χ2v) is 6.29. The fourth-order valence-electron chi connectivity index (χ4n) is 3.67. The number of fused-ring (bicyclic) bond motifs is 4. The second kappa shape index (κ2) is 4.71. The summed E-state index contributed by atoms with van der Waals surface area (Å²) in [5, 5.41) is 2.34. The molecule has 0 amide bonds. The lowest BCUT2D eigenvalue weighted by Crippen LogP contribution is -2.26. The van der Waals surface area contributed by atoms with Crippen LogP contribution in [0.1, 0.15) is 5.56 Å². The standard InChI is InChI=1S/C21H17N2O/c1-14-9-10-16-15-6-3-4-8-18(15)24-20(16)19(14)17-7-5-11-23-13-12-22(2)21(17)23/h3-13H,1-2H3/q+1. The molecular formula is C21H17N2O+. The van der Waals surface area contributed by atoms with E-state index in [9.17, 15) is 0 Å². The summed E-state index contributed by atoms with van der Waals surface area (Å²) in [6, 6.07) is 16.8. The summed E-state index contributed by atoms with van der Waals surface area (Å²) in [6.07, 6.45) is 6.23. The first kappa shape index (κ1) is 13.4. The van der Waals surface area contributed by atoms with Crippen LogP contribution in [0.2, 0.25) is 0 Å². The van der Waals surface area contributed by atoms with Crippen LogP contribution in [0.5, 0.6) is 0 Å². The van der Waals surface area contributed by atoms with Gasteiger partial charge in [0.1, 0.15) is 23.6 Å². The van der Waals surface area contributed by atoms with Gasteiger partial charge in [0.2, 0.25) is 0 Å². The van der Waals surface area contributed by atoms with Crippen LogP contribution in [-0.4, -0.2) is 4.40 Å². The molecule has 0 unspecified atom stereocenters. The Morgan fingerprint density at radius 2 is 1.79 bits per heavy atom. The zero-order valence-electron chi connectivity index (χ0n) is 13.7. The van der Waals surface area contributed by atoms with Gasteiger partial charge in [-0.3, -0.25) is 0 Å². The van der Waals surface area contributed by atoms with Crippen LogP contribution in [0.25, 0.3) is 38.7 Å². The third-order valence-corrected chi connectivity index (χ3v) is 4.80. The Morgan fingerprint density at radius 1 is 0.917 bits per heavy atom. The van der Waals surface area contributed by atoms with E-state index >= 15 is 0 Å². The Labute approximate surface area is 139 Å². The summed E-state index contributed by atoms with van der Waals surface area (Å²) < 4.78 is 10.6. The molecule has 0 bridgehead atoms. The van der Waals surface area contributed by atoms with Crippen molar-refractivity contribution in [3.8, 4) is 11.1 Å². The SMILES string of the molecule is Cc1ccc2c(oc3ccccc32)c1-c1cccn2cc[n+](C)c12. The van der Waals surface area contributed by atoms with Gasteiger partial charge in [0.25, 0.3) is 5.65 Å². The molecule has 5 aromatic rings. The monoisotopic (exact) mass is 313 g/mol. The molecule has 3 heterocycles. The lowest BCUT2D eigenvalue weighted by molar-refractivity contribution is -0.644. The first-order valence-electron chi connectivity index (χ1n) is 8.10. The molecule has 3 heteroatoms. The number of imidazole rings is 1. The number of pyridine rings is 1. The molecule has 0 atom stereocenters. The lowest BCUT2D eigenvalue weighted by Gasteiger charge is -2.07. The summed E-state index contributed by atoms with van der Waals surface area (Å²) in [7, 11) is 2.08. The van der Waals surface area contributed by atoms with Crippen LogP contribution >= 0.6 is 0 Å². The zero-order valence-corrected chi connectivity index (χ0v) is 13.7. The number of para-hydroxylation sites is 1. The molecule has 0 aliphatic heterocycles. The van der Waals surface area contributed by atoms with Crippen molar-refractivity contribution in [2.75, 3.05) is 0 Å². The second-order valence-electron chi connectivity index (χ2n) is 6.29. The number of hydrogen-bond donors (Lipinski definition) is 0. The van der Waals surface area contributed by atoms with Crippen LogP contribution < -0.4 is 4.57 Å². The summed E-state index contributed by atoms with van der Waals surface area (Å²) >= 11 is 0. The fourth-order valence-corrected chi connectivity index (χ4v) is 3.67. The van der Waals surface area contributed by atoms with Gasteiger partial charge in [0.05, 0.1) is 18.8 Å². The Morgan fingerprint density at radius 3 is 2.71 bits per heavy atom. The minimum absolute atomic E-state index is 0.936. The number of benzene rings is 2. The van der Waals surface area contributed by atoms with Crippen LogP contribution in [0.15, 0.2) is 71.5 Å². The Bertz CT molecular complexity index is 1230. The maximum absolute atomic E-state index is 6.27. The molecule has 0 saturated carbocycles. The Hall–Kier alpha value is -3.07. The van der Waals surface area contributed by atoms with Gasteiger partial charge >= 0.3 is 0 Å². The molecule has 0 radical (unpaired) electrons. The van der Waals surface area contributed by atoms with Crippen LogP contribution in [-0.2, 0) is 7.05 Å². The highest BCUT2D eigenvalue weighted by Crippen LogP contribution is 2.38. The highest BCUT2D eigenvalue weighted by molar-refractivity contribution is 6.10. The first-order valence-corrected chi connectivity index (χ1v) is 8.10. The third kappa shape index (κ3) is 1.69. The summed E-state index contributed by atoms with van der Waals surface area (Å²) in [4.78, 5) is 0. The molecule has 0 aliphatic rings. The summed E-state index contributed by atoms with van der Waals surface area (Å²) in [5.74, 6) is 0. The van der Waals surface area contributed by atoms with Gasteiger partial charge in [-0.2, -0.15) is 0 Å². The van der Waals surface area contributed by atoms with Crippen molar-refractivity contribution in [1.29, 1.82) is 0 Å². The largest absolute Gasteiger partial charge is 0.455 e. The summed E-state index contributed by atoms with van der Waals surface area (Å²) in [5.41, 5.74) is 6.64. The van der Waals surface area contributed by atoms with Crippen molar-refractivity contribution in [3.63, 3.8) is 0 Å². The number of furan rings is 1. The lowest BCUT2D eigenvalue weighted by atomic mass is 9.98. The molecule has 0 fully saturated rings. The van der Waals surface area contributed by atoms with E-state index in [4.69, 9.17) is 4.42 Å². The topological polar surface area (TPSA) is 21.4 Å². The smallest absolute Gasteiger partial charge is 0.294 e. The minimum atomic E-state index is 0.936. The van der Waals surface area contributed by atoms with E-state index in [0.29, 0.717) is 0 Å². The number of rotatable bonds is 1. The quantitative estimate of drug-likeness (QED) is 0.413. The molecule has 0 saturated heterocycles. The average Bonchev–Trinajstić information content (AvgIpc) is 3.16. The van der Waals surface area contributed by atoms with E-state index in [1.807, 2.05) is 12.1 Å². The van der Waals surface area contributed by atoms with E-state index in [-0.39, 0.29) is 0 Å². The molecule has 2 aromatic carbocycles. The van der Waals surface area contributed by atoms with Gasteiger partial charge in [0.15, 0.2) is 0 Å². The molecule has 0 N–H and O–H groups in total. The molecule has 116 valence electrons. The van der Waals surface area contributed by atoms with E-state index in [0.717, 1.165) is 16.8 Å². The number of aromatic nitrogens is 2. The molecule has 3 aromatic heterocycles. The van der Waals surface area contributed by atoms with Crippen LogP contribution in [0.3, 0.4) is 0 Å². The van der Waals surface area contributed by atoms with Gasteiger partial charge in [-0.25, -0.2) is 8.97 Å². The van der Waals surface area contributed by atoms with Crippen molar-refractivity contribution < 1.29 is 8.98 Å². The van der Waals surface area contributed by atoms with Gasteiger partial charge < -0.3 is 4.42 Å². The molecule has 24 heavy (non-hydrogen) atoms. The molecular weight excluding hydrogens is 296 g/mol. The Kier molecular flexibility index (Phi) is 2.63. The van der Waals surface area contributed by atoms with E-state index in [1.165, 1.54) is 27.5 Å². The number of hydrogen-bond acceptors (Lipinski definition) is 1. The maximum Gasteiger partial charge on any atom is 0.294 e. The van der Waals surface area contributed by atoms with Gasteiger partial charge in [-0.05, 0) is 30.7 Å². The van der Waals surface area contributed by atoms with Crippen molar-refractivity contribution in [3.05, 3.63) is 72.7 Å². The normalized spacial score (nSPS) is 11.8. The maximum atomic E-state index is 6.27. The predicted molar refractivity (Wildman–Crippen MR) is 96.0 cm³/mol. The minimum Gasteiger partial charge on any atom is -0.455 e. The average molecular weight is 313 g/mol. The molecule has 3 nitrogen and oxygen atoms in total. The number of nitrogens with zero attached hydrogens (tertiary/aromatic N) is 2. The molecule has 0 spiro atoms. The molecule has 5 rings (SSSR count). The molecule has 0 aliphatic carbocycles. The highest BCUT2D eigenvalue weighted by Gasteiger charge is 2.20. The van der Waals surface area contributed by atoms with Crippen LogP contribution in [0.4, 0.5) is 0 Å². The van der Waals surface area contributed by atoms with Crippen molar-refractivity contribution >= 4 is 27.6 Å². The van der Waals surface area contributed by atoms with E-state index in [2.05, 4.69) is 77.9 Å². The van der Waals surface area contributed by atoms with Gasteiger partial charge in [-0.1, -0.05) is 30.3 Å². The van der Waals surface area contributed by atoms with Gasteiger partial charge in [0, 0.05) is 16.3 Å². The van der Waals surface area contributed by atoms with E-state index in [1.54, 1.807) is 0 Å². The van der Waals surface area contributed by atoms with E-state index < -0.39 is 0 Å².